The minimum Gasteiger partial charge on any atom is -0.502 e. The predicted molar refractivity (Wildman–Crippen MR) is 136 cm³/mol. The highest BCUT2D eigenvalue weighted by Gasteiger charge is 2.44. The lowest BCUT2D eigenvalue weighted by atomic mass is 9.66. The maximum Gasteiger partial charge on any atom is 0.201 e. The van der Waals surface area contributed by atoms with Crippen molar-refractivity contribution in [1.29, 1.82) is 0 Å². The van der Waals surface area contributed by atoms with Crippen molar-refractivity contribution in [3.8, 4) is 34.5 Å². The first-order valence-corrected chi connectivity index (χ1v) is 12.5. The quantitative estimate of drug-likeness (QED) is 0.254. The molecule has 39 heavy (non-hydrogen) atoms. The van der Waals surface area contributed by atoms with Gasteiger partial charge in [0.15, 0.2) is 29.3 Å². The monoisotopic (exact) mass is 552 g/mol. The molecule has 0 aromatic heterocycles. The van der Waals surface area contributed by atoms with Gasteiger partial charge in [-0.2, -0.15) is 0 Å². The van der Waals surface area contributed by atoms with Crippen molar-refractivity contribution in [3.05, 3.63) is 34.9 Å². The molecule has 0 radical (unpaired) electrons. The number of benzene rings is 2. The number of hydrogen-bond donors (Lipinski definition) is 6. The number of aliphatic hydroxyl groups excluding tert-OH is 4. The Hall–Kier alpha value is -3.00. The van der Waals surface area contributed by atoms with Gasteiger partial charge in [-0.3, -0.25) is 0 Å². The fraction of sp³-hybridized carbons (Fsp3) is 0.556. The second-order valence-corrected chi connectivity index (χ2v) is 9.68. The third kappa shape index (κ3) is 5.28. The number of rotatable bonds is 9. The molecule has 2 aromatic rings. The van der Waals surface area contributed by atoms with Crippen molar-refractivity contribution in [2.75, 3.05) is 48.3 Å². The minimum atomic E-state index is -1.49. The van der Waals surface area contributed by atoms with Gasteiger partial charge in [-0.25, -0.2) is 0 Å². The van der Waals surface area contributed by atoms with Crippen LogP contribution in [0.3, 0.4) is 0 Å². The number of fused-ring (bicyclic) bond motifs is 1. The van der Waals surface area contributed by atoms with Gasteiger partial charge < -0.3 is 59.1 Å². The van der Waals surface area contributed by atoms with Crippen LogP contribution in [-0.2, 0) is 15.9 Å². The maximum absolute atomic E-state index is 11.0. The Morgan fingerprint density at radius 2 is 1.46 bits per heavy atom. The van der Waals surface area contributed by atoms with Gasteiger partial charge in [0.25, 0.3) is 0 Å². The second-order valence-electron chi connectivity index (χ2n) is 9.68. The molecule has 1 fully saturated rings. The van der Waals surface area contributed by atoms with Crippen molar-refractivity contribution in [1.82, 2.24) is 0 Å². The highest BCUT2D eigenvalue weighted by molar-refractivity contribution is 5.64. The van der Waals surface area contributed by atoms with E-state index in [0.717, 1.165) is 5.56 Å². The largest absolute Gasteiger partial charge is 0.502 e. The molecule has 1 saturated heterocycles. The highest BCUT2D eigenvalue weighted by Crippen LogP contribution is 2.54. The molecule has 2 aliphatic rings. The van der Waals surface area contributed by atoms with Gasteiger partial charge in [-0.05, 0) is 47.6 Å². The predicted octanol–water partition coefficient (Wildman–Crippen LogP) is 0.500. The number of hydrogen-bond acceptors (Lipinski definition) is 12. The zero-order chi connectivity index (χ0) is 28.4. The van der Waals surface area contributed by atoms with Crippen LogP contribution >= 0.6 is 0 Å². The summed E-state index contributed by atoms with van der Waals surface area (Å²) in [4.78, 5) is 0. The van der Waals surface area contributed by atoms with Crippen LogP contribution in [0.15, 0.2) is 18.2 Å². The first kappa shape index (κ1) is 29.0. The van der Waals surface area contributed by atoms with Gasteiger partial charge in [0.2, 0.25) is 11.5 Å². The van der Waals surface area contributed by atoms with E-state index in [2.05, 4.69) is 0 Å². The first-order valence-electron chi connectivity index (χ1n) is 12.5. The second kappa shape index (κ2) is 12.0. The number of ether oxygens (including phenoxy) is 6. The van der Waals surface area contributed by atoms with Crippen LogP contribution in [-0.4, -0.2) is 104 Å². The molecule has 0 saturated carbocycles. The summed E-state index contributed by atoms with van der Waals surface area (Å²) in [5, 5.41) is 62.3. The van der Waals surface area contributed by atoms with Gasteiger partial charge in [-0.15, -0.1) is 0 Å². The van der Waals surface area contributed by atoms with Crippen LogP contribution < -0.4 is 18.9 Å². The Morgan fingerprint density at radius 3 is 2.03 bits per heavy atom. The topological polar surface area (TPSA) is 177 Å². The molecular weight excluding hydrogens is 516 g/mol. The third-order valence-corrected chi connectivity index (χ3v) is 7.60. The summed E-state index contributed by atoms with van der Waals surface area (Å²) in [6, 6.07) is 4.96. The van der Waals surface area contributed by atoms with Gasteiger partial charge in [0.1, 0.15) is 18.3 Å². The molecule has 1 aliphatic carbocycles. The molecule has 4 rings (SSSR count). The third-order valence-electron chi connectivity index (χ3n) is 7.60. The van der Waals surface area contributed by atoms with Crippen molar-refractivity contribution >= 4 is 0 Å². The molecule has 1 aliphatic heterocycles. The van der Waals surface area contributed by atoms with E-state index in [0.29, 0.717) is 17.5 Å². The first-order chi connectivity index (χ1) is 18.7. The Bertz CT molecular complexity index is 1130. The molecule has 0 amide bonds. The lowest BCUT2D eigenvalue weighted by Gasteiger charge is -2.42. The molecular formula is C27H36O12. The molecule has 6 N–H and O–H groups in total. The number of phenolic OH excluding ortho intramolecular Hbond substituents is 2. The van der Waals surface area contributed by atoms with Crippen LogP contribution in [0.25, 0.3) is 0 Å². The number of aromatic hydroxyl groups is 2. The summed E-state index contributed by atoms with van der Waals surface area (Å²) in [5.74, 6) is -1.16. The standard InChI is InChI=1S/C27H36O12/c1-34-17-7-13(8-18(35-2)23(17)31)20-15(10-38-27-25(33)22(30)16(29)11-39-27)14(9-28)5-12-6-19(36-3)24(32)26(37-4)21(12)20/h6-8,14-16,20,22,25,27-33H,5,9-11H2,1-4H3/t14-,15?,16-,20?,22-,25+,27+/m0/s1. The van der Waals surface area contributed by atoms with E-state index >= 15 is 0 Å². The van der Waals surface area contributed by atoms with Gasteiger partial charge in [0, 0.05) is 18.1 Å². The van der Waals surface area contributed by atoms with Crippen LogP contribution in [0.1, 0.15) is 22.6 Å². The number of phenols is 2. The molecule has 0 bridgehead atoms. The zero-order valence-corrected chi connectivity index (χ0v) is 22.2. The van der Waals surface area contributed by atoms with E-state index in [4.69, 9.17) is 28.4 Å². The average molecular weight is 553 g/mol. The fourth-order valence-electron chi connectivity index (χ4n) is 5.55. The summed E-state index contributed by atoms with van der Waals surface area (Å²) in [5.41, 5.74) is 1.99. The Kier molecular flexibility index (Phi) is 8.94. The SMILES string of the molecule is COc1cc(C2c3c(cc(OC)c(O)c3OC)C[C@@H](CO)C2CO[C@@H]2OC[C@H](O)[C@H](O)[C@H]2O)cc(OC)c1O. The fourth-order valence-corrected chi connectivity index (χ4v) is 5.55. The Labute approximate surface area is 225 Å². The Morgan fingerprint density at radius 1 is 0.846 bits per heavy atom. The lowest BCUT2D eigenvalue weighted by molar-refractivity contribution is -0.274. The zero-order valence-electron chi connectivity index (χ0n) is 22.2. The molecule has 216 valence electrons. The molecule has 2 unspecified atom stereocenters. The molecule has 2 aromatic carbocycles. The molecule has 7 atom stereocenters. The summed E-state index contributed by atoms with van der Waals surface area (Å²) >= 11 is 0. The van der Waals surface area contributed by atoms with E-state index in [1.807, 2.05) is 0 Å². The van der Waals surface area contributed by atoms with Crippen LogP contribution in [0.5, 0.6) is 34.5 Å². The summed E-state index contributed by atoms with van der Waals surface area (Å²) in [6.07, 6.45) is -5.04. The number of methoxy groups -OCH3 is 4. The summed E-state index contributed by atoms with van der Waals surface area (Å²) in [6.45, 7) is -0.504. The molecule has 1 heterocycles. The smallest absolute Gasteiger partial charge is 0.201 e. The van der Waals surface area contributed by atoms with Crippen molar-refractivity contribution < 1.29 is 59.1 Å². The van der Waals surface area contributed by atoms with Crippen LogP contribution in [0.2, 0.25) is 0 Å². The van der Waals surface area contributed by atoms with E-state index < -0.39 is 36.4 Å². The van der Waals surface area contributed by atoms with E-state index in [1.165, 1.54) is 28.4 Å². The molecule has 0 spiro atoms. The lowest BCUT2D eigenvalue weighted by Crippen LogP contribution is -2.54. The summed E-state index contributed by atoms with van der Waals surface area (Å²) in [7, 11) is 5.66. The number of aliphatic hydroxyl groups is 4. The molecule has 12 heteroatoms. The van der Waals surface area contributed by atoms with Gasteiger partial charge >= 0.3 is 0 Å². The summed E-state index contributed by atoms with van der Waals surface area (Å²) < 4.78 is 33.2. The average Bonchev–Trinajstić information content (AvgIpc) is 2.94. The van der Waals surface area contributed by atoms with Crippen LogP contribution in [0, 0.1) is 11.8 Å². The van der Waals surface area contributed by atoms with Crippen molar-refractivity contribution in [2.45, 2.75) is 36.9 Å². The minimum absolute atomic E-state index is 0.0542. The maximum atomic E-state index is 11.0. The van der Waals surface area contributed by atoms with Crippen molar-refractivity contribution in [2.24, 2.45) is 11.8 Å². The normalized spacial score (nSPS) is 28.5. The Balaban J connectivity index is 1.86. The van der Waals surface area contributed by atoms with Gasteiger partial charge in [0.05, 0.1) is 41.7 Å². The van der Waals surface area contributed by atoms with E-state index in [9.17, 15) is 30.6 Å². The van der Waals surface area contributed by atoms with E-state index in [1.54, 1.807) is 18.2 Å². The van der Waals surface area contributed by atoms with Crippen molar-refractivity contribution in [3.63, 3.8) is 0 Å². The highest BCUT2D eigenvalue weighted by atomic mass is 16.7. The molecule has 12 nitrogen and oxygen atoms in total. The van der Waals surface area contributed by atoms with Gasteiger partial charge in [-0.1, -0.05) is 0 Å². The van der Waals surface area contributed by atoms with Crippen LogP contribution in [0.4, 0.5) is 0 Å². The van der Waals surface area contributed by atoms with E-state index in [-0.39, 0.29) is 60.2 Å².